The van der Waals surface area contributed by atoms with Gasteiger partial charge in [0.05, 0.1) is 12.7 Å². The van der Waals surface area contributed by atoms with Gasteiger partial charge in [-0.25, -0.2) is 0 Å². The number of thiophene rings is 1. The molecule has 0 saturated heterocycles. The van der Waals surface area contributed by atoms with Gasteiger partial charge in [-0.2, -0.15) is 0 Å². The van der Waals surface area contributed by atoms with Crippen molar-refractivity contribution in [2.45, 2.75) is 32.3 Å². The van der Waals surface area contributed by atoms with Crippen LogP contribution in [0.25, 0.3) is 0 Å². The molecule has 0 aliphatic heterocycles. The van der Waals surface area contributed by atoms with Crippen molar-refractivity contribution in [1.82, 2.24) is 5.32 Å². The quantitative estimate of drug-likeness (QED) is 0.689. The molecule has 3 heteroatoms. The minimum atomic E-state index is 0.387. The average Bonchev–Trinajstić information content (AvgIpc) is 2.71. The van der Waals surface area contributed by atoms with E-state index in [2.05, 4.69) is 29.8 Å². The van der Waals surface area contributed by atoms with Crippen molar-refractivity contribution in [1.29, 1.82) is 0 Å². The van der Waals surface area contributed by atoms with Crippen LogP contribution >= 0.6 is 11.3 Å². The molecule has 0 aliphatic rings. The zero-order valence-corrected chi connectivity index (χ0v) is 10.5. The van der Waals surface area contributed by atoms with Crippen molar-refractivity contribution in [3.05, 3.63) is 22.4 Å². The number of hydrogen-bond acceptors (Lipinski definition) is 3. The van der Waals surface area contributed by atoms with Gasteiger partial charge in [0.1, 0.15) is 0 Å². The van der Waals surface area contributed by atoms with Gasteiger partial charge in [0.2, 0.25) is 0 Å². The molecule has 1 aromatic heterocycles. The summed E-state index contributed by atoms with van der Waals surface area (Å²) in [7, 11) is 1.99. The molecule has 0 saturated carbocycles. The molecule has 1 rings (SSSR count). The number of ether oxygens (including phenoxy) is 1. The summed E-state index contributed by atoms with van der Waals surface area (Å²) in [4.78, 5) is 1.41. The van der Waals surface area contributed by atoms with Gasteiger partial charge < -0.3 is 10.1 Å². The molecule has 86 valence electrons. The normalized spacial score (nSPS) is 12.9. The Morgan fingerprint density at radius 2 is 2.40 bits per heavy atom. The van der Waals surface area contributed by atoms with Gasteiger partial charge in [-0.3, -0.25) is 0 Å². The zero-order chi connectivity index (χ0) is 10.9. The van der Waals surface area contributed by atoms with Crippen LogP contribution in [0.3, 0.4) is 0 Å². The second-order valence-electron chi connectivity index (χ2n) is 3.76. The van der Waals surface area contributed by atoms with E-state index in [1.54, 1.807) is 11.3 Å². The summed E-state index contributed by atoms with van der Waals surface area (Å²) in [6.45, 7) is 4.09. The third-order valence-electron chi connectivity index (χ3n) is 2.37. The van der Waals surface area contributed by atoms with Crippen molar-refractivity contribution in [3.8, 4) is 0 Å². The van der Waals surface area contributed by atoms with Crippen molar-refractivity contribution >= 4 is 11.3 Å². The monoisotopic (exact) mass is 227 g/mol. The molecule has 2 nitrogen and oxygen atoms in total. The lowest BCUT2D eigenvalue weighted by Crippen LogP contribution is -2.14. The van der Waals surface area contributed by atoms with Gasteiger partial charge in [-0.1, -0.05) is 6.07 Å². The standard InChI is InChI=1S/C12H21NOS/c1-11(5-3-8-13-2)14-9-7-12-6-4-10-15-12/h4,6,10-11,13H,3,5,7-9H2,1-2H3. The predicted octanol–water partition coefficient (Wildman–Crippen LogP) is 2.70. The highest BCUT2D eigenvalue weighted by Gasteiger charge is 2.01. The number of rotatable bonds is 8. The van der Waals surface area contributed by atoms with Gasteiger partial charge in [0, 0.05) is 11.3 Å². The van der Waals surface area contributed by atoms with E-state index >= 15 is 0 Å². The fourth-order valence-corrected chi connectivity index (χ4v) is 2.16. The molecule has 1 unspecified atom stereocenters. The van der Waals surface area contributed by atoms with Crippen LogP contribution < -0.4 is 5.32 Å². The third kappa shape index (κ3) is 5.92. The molecular weight excluding hydrogens is 206 g/mol. The van der Waals surface area contributed by atoms with E-state index in [4.69, 9.17) is 4.74 Å². The highest BCUT2D eigenvalue weighted by atomic mass is 32.1. The Labute approximate surface area is 96.7 Å². The van der Waals surface area contributed by atoms with Crippen LogP contribution in [0.1, 0.15) is 24.6 Å². The third-order valence-corrected chi connectivity index (χ3v) is 3.30. The summed E-state index contributed by atoms with van der Waals surface area (Å²) < 4.78 is 5.74. The molecule has 0 amide bonds. The fourth-order valence-electron chi connectivity index (χ4n) is 1.47. The van der Waals surface area contributed by atoms with Crippen LogP contribution in [0.4, 0.5) is 0 Å². The lowest BCUT2D eigenvalue weighted by atomic mass is 10.2. The molecule has 1 aromatic rings. The first-order valence-corrected chi connectivity index (χ1v) is 6.49. The topological polar surface area (TPSA) is 21.3 Å². The van der Waals surface area contributed by atoms with Crippen molar-refractivity contribution in [3.63, 3.8) is 0 Å². The summed E-state index contributed by atoms with van der Waals surface area (Å²) in [6.07, 6.45) is 3.77. The predicted molar refractivity (Wildman–Crippen MR) is 66.6 cm³/mol. The Morgan fingerprint density at radius 3 is 3.07 bits per heavy atom. The summed E-state index contributed by atoms with van der Waals surface area (Å²) in [5.41, 5.74) is 0. The van der Waals surface area contributed by atoms with Gasteiger partial charge >= 0.3 is 0 Å². The molecule has 0 fully saturated rings. The van der Waals surface area contributed by atoms with Crippen molar-refractivity contribution in [2.75, 3.05) is 20.2 Å². The highest BCUT2D eigenvalue weighted by molar-refractivity contribution is 7.09. The van der Waals surface area contributed by atoms with E-state index in [1.807, 2.05) is 7.05 Å². The molecule has 0 aromatic carbocycles. The summed E-state index contributed by atoms with van der Waals surface area (Å²) in [6, 6.07) is 4.26. The number of nitrogens with one attached hydrogen (secondary N) is 1. The maximum Gasteiger partial charge on any atom is 0.0547 e. The first kappa shape index (κ1) is 12.7. The van der Waals surface area contributed by atoms with Gasteiger partial charge in [0.15, 0.2) is 0 Å². The maximum atomic E-state index is 5.74. The van der Waals surface area contributed by atoms with E-state index in [-0.39, 0.29) is 0 Å². The van der Waals surface area contributed by atoms with Gasteiger partial charge in [-0.05, 0) is 44.8 Å². The Balaban J connectivity index is 1.99. The Kier molecular flexibility index (Phi) is 6.64. The lowest BCUT2D eigenvalue weighted by molar-refractivity contribution is 0.0616. The smallest absolute Gasteiger partial charge is 0.0547 e. The molecule has 0 radical (unpaired) electrons. The largest absolute Gasteiger partial charge is 0.378 e. The van der Waals surface area contributed by atoms with Gasteiger partial charge in [-0.15, -0.1) is 11.3 Å². The van der Waals surface area contributed by atoms with E-state index < -0.39 is 0 Å². The lowest BCUT2D eigenvalue weighted by Gasteiger charge is -2.12. The first-order chi connectivity index (χ1) is 7.33. The highest BCUT2D eigenvalue weighted by Crippen LogP contribution is 2.10. The minimum Gasteiger partial charge on any atom is -0.378 e. The molecule has 1 heterocycles. The second kappa shape index (κ2) is 7.85. The second-order valence-corrected chi connectivity index (χ2v) is 4.79. The molecule has 15 heavy (non-hydrogen) atoms. The fraction of sp³-hybridized carbons (Fsp3) is 0.667. The van der Waals surface area contributed by atoms with Crippen molar-refractivity contribution < 1.29 is 4.74 Å². The van der Waals surface area contributed by atoms with Crippen molar-refractivity contribution in [2.24, 2.45) is 0 Å². The summed E-state index contributed by atoms with van der Waals surface area (Å²) in [5.74, 6) is 0. The SMILES string of the molecule is CNCCCC(C)OCCc1cccs1. The van der Waals surface area contributed by atoms with E-state index in [9.17, 15) is 0 Å². The molecule has 0 spiro atoms. The average molecular weight is 227 g/mol. The maximum absolute atomic E-state index is 5.74. The van der Waals surface area contributed by atoms with Crippen LogP contribution in [0.5, 0.6) is 0 Å². The minimum absolute atomic E-state index is 0.387. The Morgan fingerprint density at radius 1 is 1.53 bits per heavy atom. The Bertz CT molecular complexity index is 236. The van der Waals surface area contributed by atoms with E-state index in [0.29, 0.717) is 6.10 Å². The van der Waals surface area contributed by atoms with Crippen LogP contribution in [0, 0.1) is 0 Å². The molecule has 0 bridgehead atoms. The molecule has 1 N–H and O–H groups in total. The van der Waals surface area contributed by atoms with E-state index in [0.717, 1.165) is 26.0 Å². The van der Waals surface area contributed by atoms with Crippen LogP contribution in [-0.4, -0.2) is 26.3 Å². The van der Waals surface area contributed by atoms with E-state index in [1.165, 1.54) is 11.3 Å². The molecule has 0 aliphatic carbocycles. The van der Waals surface area contributed by atoms with Crippen LogP contribution in [0.15, 0.2) is 17.5 Å². The zero-order valence-electron chi connectivity index (χ0n) is 9.66. The van der Waals surface area contributed by atoms with Crippen LogP contribution in [-0.2, 0) is 11.2 Å². The summed E-state index contributed by atoms with van der Waals surface area (Å²) in [5, 5.41) is 5.26. The summed E-state index contributed by atoms with van der Waals surface area (Å²) >= 11 is 1.81. The Hall–Kier alpha value is -0.380. The molecule has 1 atom stereocenters. The number of hydrogen-bond donors (Lipinski definition) is 1. The molecular formula is C12H21NOS. The first-order valence-electron chi connectivity index (χ1n) is 5.61. The van der Waals surface area contributed by atoms with Crippen LogP contribution in [0.2, 0.25) is 0 Å². The van der Waals surface area contributed by atoms with Gasteiger partial charge in [0.25, 0.3) is 0 Å².